The van der Waals surface area contributed by atoms with E-state index in [4.69, 9.17) is 0 Å². The molecular formula is C24H23NOS2. The summed E-state index contributed by atoms with van der Waals surface area (Å²) in [6.07, 6.45) is 0. The number of fused-ring (bicyclic) bond motifs is 1. The Balaban J connectivity index is 1.61. The van der Waals surface area contributed by atoms with Crippen LogP contribution in [0.15, 0.2) is 82.6 Å². The quantitative estimate of drug-likeness (QED) is 0.477. The lowest BCUT2D eigenvalue weighted by molar-refractivity contribution is -0.116. The zero-order valence-electron chi connectivity index (χ0n) is 16.1. The van der Waals surface area contributed by atoms with E-state index in [2.05, 4.69) is 56.3 Å². The van der Waals surface area contributed by atoms with Crippen LogP contribution >= 0.6 is 23.5 Å². The Hall–Kier alpha value is -2.17. The maximum atomic E-state index is 13.4. The number of carbonyl (C=O) groups excluding carboxylic acids is 1. The molecule has 1 atom stereocenters. The monoisotopic (exact) mass is 405 g/mol. The van der Waals surface area contributed by atoms with E-state index in [1.807, 2.05) is 47.0 Å². The van der Waals surface area contributed by atoms with Crippen molar-refractivity contribution in [2.24, 2.45) is 0 Å². The van der Waals surface area contributed by atoms with Gasteiger partial charge in [0.25, 0.3) is 0 Å². The minimum absolute atomic E-state index is 0.0638. The van der Waals surface area contributed by atoms with Crippen LogP contribution in [0.2, 0.25) is 0 Å². The first kappa shape index (κ1) is 19.2. The third-order valence-corrected chi connectivity index (χ3v) is 7.24. The van der Waals surface area contributed by atoms with Gasteiger partial charge >= 0.3 is 0 Å². The van der Waals surface area contributed by atoms with Crippen molar-refractivity contribution in [3.05, 3.63) is 89.5 Å². The summed E-state index contributed by atoms with van der Waals surface area (Å²) in [5.74, 6) is 1.47. The number of hydrogen-bond acceptors (Lipinski definition) is 3. The standard InChI is InChI=1S/C24H23NOS2/c1-17-12-13-20(14-18(17)2)27-16-24(26)25-21-10-6-7-11-23(21)28-15-22(25)19-8-4-3-5-9-19/h3-14,22H,15-16H2,1-2H3/t22-/m0/s1. The maximum Gasteiger partial charge on any atom is 0.237 e. The summed E-state index contributed by atoms with van der Waals surface area (Å²) >= 11 is 3.45. The highest BCUT2D eigenvalue weighted by Gasteiger charge is 2.32. The molecule has 0 fully saturated rings. The number of benzene rings is 3. The molecule has 3 aromatic rings. The summed E-state index contributed by atoms with van der Waals surface area (Å²) in [5.41, 5.74) is 4.76. The Kier molecular flexibility index (Phi) is 5.79. The van der Waals surface area contributed by atoms with Crippen LogP contribution in [0.4, 0.5) is 5.69 Å². The Labute approximate surface area is 175 Å². The van der Waals surface area contributed by atoms with Gasteiger partial charge in [0.15, 0.2) is 0 Å². The molecule has 0 radical (unpaired) electrons. The lowest BCUT2D eigenvalue weighted by Crippen LogP contribution is -2.39. The topological polar surface area (TPSA) is 20.3 Å². The van der Waals surface area contributed by atoms with E-state index in [-0.39, 0.29) is 11.9 Å². The SMILES string of the molecule is Cc1ccc(SCC(=O)N2c3ccccc3SC[C@H]2c2ccccc2)cc1C. The van der Waals surface area contributed by atoms with Crippen LogP contribution in [0.5, 0.6) is 0 Å². The number of rotatable bonds is 4. The minimum Gasteiger partial charge on any atom is -0.302 e. The van der Waals surface area contributed by atoms with Crippen LogP contribution < -0.4 is 4.90 Å². The van der Waals surface area contributed by atoms with E-state index >= 15 is 0 Å². The molecule has 0 aromatic heterocycles. The third kappa shape index (κ3) is 3.98. The third-order valence-electron chi connectivity index (χ3n) is 5.13. The first-order chi connectivity index (χ1) is 13.6. The average Bonchev–Trinajstić information content (AvgIpc) is 2.74. The fourth-order valence-electron chi connectivity index (χ4n) is 3.44. The van der Waals surface area contributed by atoms with Gasteiger partial charge in [0, 0.05) is 15.5 Å². The van der Waals surface area contributed by atoms with Gasteiger partial charge in [-0.3, -0.25) is 4.79 Å². The summed E-state index contributed by atoms with van der Waals surface area (Å²) in [6, 6.07) is 25.1. The number of carbonyl (C=O) groups is 1. The summed E-state index contributed by atoms with van der Waals surface area (Å²) in [4.78, 5) is 17.7. The van der Waals surface area contributed by atoms with Gasteiger partial charge < -0.3 is 4.90 Å². The lowest BCUT2D eigenvalue weighted by atomic mass is 10.1. The first-order valence-corrected chi connectivity index (χ1v) is 11.4. The molecule has 2 nitrogen and oxygen atoms in total. The fraction of sp³-hybridized carbons (Fsp3) is 0.208. The maximum absolute atomic E-state index is 13.4. The molecule has 142 valence electrons. The van der Waals surface area contributed by atoms with Crippen molar-refractivity contribution in [2.75, 3.05) is 16.4 Å². The van der Waals surface area contributed by atoms with Gasteiger partial charge in [-0.1, -0.05) is 48.5 Å². The highest BCUT2D eigenvalue weighted by Crippen LogP contribution is 2.43. The molecule has 4 heteroatoms. The molecule has 0 unspecified atom stereocenters. The number of nitrogens with zero attached hydrogens (tertiary/aromatic N) is 1. The second-order valence-corrected chi connectivity index (χ2v) is 9.11. The zero-order chi connectivity index (χ0) is 19.5. The molecular weight excluding hydrogens is 382 g/mol. The molecule has 0 N–H and O–H groups in total. The second kappa shape index (κ2) is 8.46. The van der Waals surface area contributed by atoms with Crippen molar-refractivity contribution in [3.8, 4) is 0 Å². The van der Waals surface area contributed by atoms with Crippen LogP contribution in [0.1, 0.15) is 22.7 Å². The van der Waals surface area contributed by atoms with Gasteiger partial charge in [0.1, 0.15) is 0 Å². The van der Waals surface area contributed by atoms with Crippen LogP contribution in [0.3, 0.4) is 0 Å². The number of amides is 1. The van der Waals surface area contributed by atoms with Crippen molar-refractivity contribution >= 4 is 35.1 Å². The molecule has 1 amide bonds. The van der Waals surface area contributed by atoms with Crippen LogP contribution in [-0.4, -0.2) is 17.4 Å². The van der Waals surface area contributed by atoms with Gasteiger partial charge in [0.05, 0.1) is 17.5 Å². The van der Waals surface area contributed by atoms with Crippen molar-refractivity contribution in [3.63, 3.8) is 0 Å². The Morgan fingerprint density at radius 3 is 2.54 bits per heavy atom. The predicted octanol–water partition coefficient (Wildman–Crippen LogP) is 6.28. The number of anilines is 1. The molecule has 1 aliphatic heterocycles. The van der Waals surface area contributed by atoms with E-state index in [1.165, 1.54) is 21.6 Å². The first-order valence-electron chi connectivity index (χ1n) is 9.42. The van der Waals surface area contributed by atoms with Gasteiger partial charge in [-0.25, -0.2) is 0 Å². The molecule has 0 bridgehead atoms. The van der Waals surface area contributed by atoms with E-state index in [1.54, 1.807) is 11.8 Å². The Bertz CT molecular complexity index is 987. The molecule has 0 saturated heterocycles. The van der Waals surface area contributed by atoms with Crippen LogP contribution in [0, 0.1) is 13.8 Å². The van der Waals surface area contributed by atoms with Gasteiger partial charge in [0.2, 0.25) is 5.91 Å². The summed E-state index contributed by atoms with van der Waals surface area (Å²) in [5, 5.41) is 0. The largest absolute Gasteiger partial charge is 0.302 e. The molecule has 4 rings (SSSR count). The van der Waals surface area contributed by atoms with Gasteiger partial charge in [-0.15, -0.1) is 23.5 Å². The summed E-state index contributed by atoms with van der Waals surface area (Å²) < 4.78 is 0. The highest BCUT2D eigenvalue weighted by molar-refractivity contribution is 8.00. The minimum atomic E-state index is 0.0638. The van der Waals surface area contributed by atoms with Crippen molar-refractivity contribution in [1.29, 1.82) is 0 Å². The molecule has 0 spiro atoms. The smallest absolute Gasteiger partial charge is 0.237 e. The van der Waals surface area contributed by atoms with E-state index in [0.29, 0.717) is 5.75 Å². The van der Waals surface area contributed by atoms with Crippen molar-refractivity contribution in [2.45, 2.75) is 29.7 Å². The van der Waals surface area contributed by atoms with E-state index in [9.17, 15) is 4.79 Å². The van der Waals surface area contributed by atoms with Crippen molar-refractivity contribution < 1.29 is 4.79 Å². The lowest BCUT2D eigenvalue weighted by Gasteiger charge is -2.37. The Morgan fingerprint density at radius 2 is 1.75 bits per heavy atom. The zero-order valence-corrected chi connectivity index (χ0v) is 17.7. The van der Waals surface area contributed by atoms with Crippen molar-refractivity contribution in [1.82, 2.24) is 0 Å². The Morgan fingerprint density at radius 1 is 1.00 bits per heavy atom. The van der Waals surface area contributed by atoms with Gasteiger partial charge in [-0.2, -0.15) is 0 Å². The molecule has 28 heavy (non-hydrogen) atoms. The predicted molar refractivity (Wildman–Crippen MR) is 120 cm³/mol. The number of hydrogen-bond donors (Lipinski definition) is 0. The summed E-state index contributed by atoms with van der Waals surface area (Å²) in [6.45, 7) is 4.23. The van der Waals surface area contributed by atoms with Gasteiger partial charge in [-0.05, 0) is 54.8 Å². The normalized spacial score (nSPS) is 15.9. The number of para-hydroxylation sites is 1. The van der Waals surface area contributed by atoms with E-state index < -0.39 is 0 Å². The fourth-order valence-corrected chi connectivity index (χ4v) is 5.46. The molecule has 0 saturated carbocycles. The molecule has 3 aromatic carbocycles. The average molecular weight is 406 g/mol. The molecule has 1 heterocycles. The number of aryl methyl sites for hydroxylation is 2. The van der Waals surface area contributed by atoms with Crippen LogP contribution in [-0.2, 0) is 4.79 Å². The molecule has 0 aliphatic carbocycles. The highest BCUT2D eigenvalue weighted by atomic mass is 32.2. The number of thioether (sulfide) groups is 2. The second-order valence-electron chi connectivity index (χ2n) is 7.00. The van der Waals surface area contributed by atoms with Crippen LogP contribution in [0.25, 0.3) is 0 Å². The van der Waals surface area contributed by atoms with E-state index in [0.717, 1.165) is 16.3 Å². The summed E-state index contributed by atoms with van der Waals surface area (Å²) in [7, 11) is 0. The molecule has 1 aliphatic rings.